The Morgan fingerprint density at radius 1 is 1.23 bits per heavy atom. The quantitative estimate of drug-likeness (QED) is 0.746. The first kappa shape index (κ1) is 17.0. The number of pyridine rings is 1. The first-order valence-corrected chi connectivity index (χ1v) is 8.50. The van der Waals surface area contributed by atoms with E-state index in [1.54, 1.807) is 11.0 Å². The van der Waals surface area contributed by atoms with Crippen molar-refractivity contribution in [3.8, 4) is 11.1 Å². The van der Waals surface area contributed by atoms with Gasteiger partial charge in [-0.1, -0.05) is 18.6 Å². The topological polar surface area (TPSA) is 33.2 Å². The minimum Gasteiger partial charge on any atom is -0.310 e. The van der Waals surface area contributed by atoms with Crippen LogP contribution in [0.4, 0.5) is 23.2 Å². The number of anilines is 1. The molecule has 1 fully saturated rings. The van der Waals surface area contributed by atoms with Crippen molar-refractivity contribution in [2.75, 3.05) is 11.4 Å². The SMILES string of the molecule is O=C1Cc2ncc(-c3cccc(C(F)(F)F)c3F)cc2N1CC1CCC1. The smallest absolute Gasteiger partial charge is 0.310 e. The lowest BCUT2D eigenvalue weighted by molar-refractivity contribution is -0.139. The Balaban J connectivity index is 1.73. The summed E-state index contributed by atoms with van der Waals surface area (Å²) < 4.78 is 53.3. The molecule has 136 valence electrons. The van der Waals surface area contributed by atoms with Crippen molar-refractivity contribution in [2.24, 2.45) is 5.92 Å². The van der Waals surface area contributed by atoms with E-state index in [4.69, 9.17) is 0 Å². The molecular weight excluding hydrogens is 348 g/mol. The number of carbonyl (C=O) groups excluding carboxylic acids is 1. The molecule has 0 radical (unpaired) electrons. The molecule has 3 nitrogen and oxygen atoms in total. The van der Waals surface area contributed by atoms with E-state index in [-0.39, 0.29) is 23.5 Å². The largest absolute Gasteiger partial charge is 0.419 e. The zero-order valence-corrected chi connectivity index (χ0v) is 13.8. The second kappa shape index (κ2) is 6.07. The molecular formula is C19H16F4N2O. The standard InChI is InChI=1S/C19H16F4N2O/c20-18-13(5-2-6-14(18)19(21,22)23)12-7-16-15(24-9-12)8-17(26)25(16)10-11-3-1-4-11/h2,5-7,9,11H,1,3-4,8,10H2. The van der Waals surface area contributed by atoms with Gasteiger partial charge in [-0.3, -0.25) is 9.78 Å². The molecule has 2 heterocycles. The van der Waals surface area contributed by atoms with E-state index in [2.05, 4.69) is 4.98 Å². The van der Waals surface area contributed by atoms with E-state index in [1.807, 2.05) is 0 Å². The number of benzene rings is 1. The third-order valence-electron chi connectivity index (χ3n) is 5.14. The molecule has 0 saturated heterocycles. The highest BCUT2D eigenvalue weighted by Crippen LogP contribution is 2.38. The highest BCUT2D eigenvalue weighted by molar-refractivity contribution is 6.01. The highest BCUT2D eigenvalue weighted by Gasteiger charge is 2.36. The van der Waals surface area contributed by atoms with E-state index in [0.29, 0.717) is 29.9 Å². The monoisotopic (exact) mass is 364 g/mol. The molecule has 1 aliphatic carbocycles. The van der Waals surface area contributed by atoms with Crippen LogP contribution in [0.1, 0.15) is 30.5 Å². The molecule has 1 aliphatic heterocycles. The van der Waals surface area contributed by atoms with Crippen LogP contribution in [0, 0.1) is 11.7 Å². The Morgan fingerprint density at radius 2 is 2.00 bits per heavy atom. The number of hydrogen-bond acceptors (Lipinski definition) is 2. The van der Waals surface area contributed by atoms with Gasteiger partial charge in [0.15, 0.2) is 0 Å². The van der Waals surface area contributed by atoms with Crippen molar-refractivity contribution in [1.29, 1.82) is 0 Å². The van der Waals surface area contributed by atoms with E-state index >= 15 is 0 Å². The number of fused-ring (bicyclic) bond motifs is 1. The van der Waals surface area contributed by atoms with Gasteiger partial charge < -0.3 is 4.90 Å². The summed E-state index contributed by atoms with van der Waals surface area (Å²) in [5.74, 6) is -0.948. The maximum absolute atomic E-state index is 14.4. The van der Waals surface area contributed by atoms with Gasteiger partial charge in [0, 0.05) is 23.9 Å². The van der Waals surface area contributed by atoms with Gasteiger partial charge in [0.1, 0.15) is 5.82 Å². The number of aromatic nitrogens is 1. The Kier molecular flexibility index (Phi) is 3.97. The van der Waals surface area contributed by atoms with Crippen molar-refractivity contribution < 1.29 is 22.4 Å². The van der Waals surface area contributed by atoms with Gasteiger partial charge in [-0.2, -0.15) is 13.2 Å². The zero-order valence-electron chi connectivity index (χ0n) is 13.8. The van der Waals surface area contributed by atoms with Crippen molar-refractivity contribution >= 4 is 11.6 Å². The molecule has 0 atom stereocenters. The molecule has 0 spiro atoms. The lowest BCUT2D eigenvalue weighted by Crippen LogP contribution is -2.34. The van der Waals surface area contributed by atoms with Crippen LogP contribution in [0.2, 0.25) is 0 Å². The minimum absolute atomic E-state index is 0.0685. The summed E-state index contributed by atoms with van der Waals surface area (Å²) in [5, 5.41) is 0. The Bertz CT molecular complexity index is 874. The van der Waals surface area contributed by atoms with Gasteiger partial charge in [-0.25, -0.2) is 4.39 Å². The summed E-state index contributed by atoms with van der Waals surface area (Å²) in [7, 11) is 0. The van der Waals surface area contributed by atoms with Crippen LogP contribution in [-0.4, -0.2) is 17.4 Å². The highest BCUT2D eigenvalue weighted by atomic mass is 19.4. The van der Waals surface area contributed by atoms with Crippen LogP contribution in [0.25, 0.3) is 11.1 Å². The molecule has 1 aromatic heterocycles. The maximum Gasteiger partial charge on any atom is 0.419 e. The van der Waals surface area contributed by atoms with Gasteiger partial charge in [0.2, 0.25) is 5.91 Å². The molecule has 0 N–H and O–H groups in total. The van der Waals surface area contributed by atoms with Crippen LogP contribution in [0.5, 0.6) is 0 Å². The summed E-state index contributed by atoms with van der Waals surface area (Å²) in [4.78, 5) is 18.1. The Labute approximate surface area is 147 Å². The normalized spacial score (nSPS) is 17.4. The fraction of sp³-hybridized carbons (Fsp3) is 0.368. The van der Waals surface area contributed by atoms with E-state index in [9.17, 15) is 22.4 Å². The lowest BCUT2D eigenvalue weighted by atomic mass is 9.85. The molecule has 0 unspecified atom stereocenters. The van der Waals surface area contributed by atoms with Crippen LogP contribution in [-0.2, 0) is 17.4 Å². The van der Waals surface area contributed by atoms with Crippen LogP contribution in [0.15, 0.2) is 30.5 Å². The zero-order chi connectivity index (χ0) is 18.5. The second-order valence-corrected chi connectivity index (χ2v) is 6.83. The lowest BCUT2D eigenvalue weighted by Gasteiger charge is -2.30. The van der Waals surface area contributed by atoms with Crippen molar-refractivity contribution in [3.05, 3.63) is 47.5 Å². The minimum atomic E-state index is -4.77. The molecule has 26 heavy (non-hydrogen) atoms. The summed E-state index contributed by atoms with van der Waals surface area (Å²) in [5.41, 5.74) is -0.0710. The van der Waals surface area contributed by atoms with E-state index in [1.165, 1.54) is 18.3 Å². The fourth-order valence-corrected chi connectivity index (χ4v) is 3.48. The number of amides is 1. The Morgan fingerprint density at radius 3 is 2.65 bits per heavy atom. The van der Waals surface area contributed by atoms with E-state index in [0.717, 1.165) is 19.3 Å². The number of rotatable bonds is 3. The van der Waals surface area contributed by atoms with Crippen molar-refractivity contribution in [2.45, 2.75) is 31.9 Å². The summed E-state index contributed by atoms with van der Waals surface area (Å²) in [6, 6.07) is 4.75. The molecule has 0 bridgehead atoms. The Hall–Kier alpha value is -2.44. The third-order valence-corrected chi connectivity index (χ3v) is 5.14. The molecule has 1 aromatic carbocycles. The molecule has 4 rings (SSSR count). The predicted molar refractivity (Wildman–Crippen MR) is 88.0 cm³/mol. The van der Waals surface area contributed by atoms with Gasteiger partial charge in [-0.05, 0) is 30.9 Å². The van der Waals surface area contributed by atoms with Crippen molar-refractivity contribution in [3.63, 3.8) is 0 Å². The first-order chi connectivity index (χ1) is 12.3. The van der Waals surface area contributed by atoms with Gasteiger partial charge in [0.25, 0.3) is 0 Å². The summed E-state index contributed by atoms with van der Waals surface area (Å²) >= 11 is 0. The van der Waals surface area contributed by atoms with Gasteiger partial charge >= 0.3 is 6.18 Å². The number of alkyl halides is 3. The second-order valence-electron chi connectivity index (χ2n) is 6.83. The average Bonchev–Trinajstić information content (AvgIpc) is 2.84. The number of carbonyl (C=O) groups is 1. The van der Waals surface area contributed by atoms with E-state index < -0.39 is 17.6 Å². The number of halogens is 4. The summed E-state index contributed by atoms with van der Waals surface area (Å²) in [6.45, 7) is 0.585. The van der Waals surface area contributed by atoms with Crippen LogP contribution < -0.4 is 4.90 Å². The van der Waals surface area contributed by atoms with Crippen molar-refractivity contribution in [1.82, 2.24) is 4.98 Å². The molecule has 1 saturated carbocycles. The average molecular weight is 364 g/mol. The number of hydrogen-bond donors (Lipinski definition) is 0. The molecule has 2 aromatic rings. The summed E-state index contributed by atoms with van der Waals surface area (Å²) in [6.07, 6.45) is 0.0116. The van der Waals surface area contributed by atoms with Crippen LogP contribution >= 0.6 is 0 Å². The van der Waals surface area contributed by atoms with Crippen LogP contribution in [0.3, 0.4) is 0 Å². The first-order valence-electron chi connectivity index (χ1n) is 8.50. The van der Waals surface area contributed by atoms with Gasteiger partial charge in [-0.15, -0.1) is 0 Å². The molecule has 2 aliphatic rings. The maximum atomic E-state index is 14.4. The fourth-order valence-electron chi connectivity index (χ4n) is 3.48. The number of nitrogens with zero attached hydrogens (tertiary/aromatic N) is 2. The molecule has 1 amide bonds. The third kappa shape index (κ3) is 2.85. The van der Waals surface area contributed by atoms with Gasteiger partial charge in [0.05, 0.1) is 23.4 Å². The predicted octanol–water partition coefficient (Wildman–Crippen LogP) is 4.60. The molecule has 7 heteroatoms.